The molecule has 4 heteroatoms. The predicted molar refractivity (Wildman–Crippen MR) is 71.3 cm³/mol. The SMILES string of the molecule is CCOC(=O)[C@@H]1[C@@H](C2CCCCC2)N2CCC[C@H]1O2. The van der Waals surface area contributed by atoms with E-state index in [2.05, 4.69) is 5.06 Å². The van der Waals surface area contributed by atoms with Gasteiger partial charge in [-0.25, -0.2) is 0 Å². The molecule has 2 saturated heterocycles. The van der Waals surface area contributed by atoms with E-state index in [9.17, 15) is 4.79 Å². The lowest BCUT2D eigenvalue weighted by atomic mass is 9.77. The summed E-state index contributed by atoms with van der Waals surface area (Å²) in [6.45, 7) is 3.34. The smallest absolute Gasteiger partial charge is 0.313 e. The lowest BCUT2D eigenvalue weighted by Crippen LogP contribution is -2.42. The zero-order valence-corrected chi connectivity index (χ0v) is 11.8. The molecule has 0 amide bonds. The number of carbonyl (C=O) groups is 1. The molecule has 0 aromatic rings. The third-order valence-electron chi connectivity index (χ3n) is 4.93. The fourth-order valence-corrected chi connectivity index (χ4v) is 4.12. The first-order chi connectivity index (χ1) is 9.31. The van der Waals surface area contributed by atoms with E-state index < -0.39 is 0 Å². The van der Waals surface area contributed by atoms with Crippen molar-refractivity contribution in [3.63, 3.8) is 0 Å². The minimum absolute atomic E-state index is 0.0347. The van der Waals surface area contributed by atoms with Crippen LogP contribution in [-0.2, 0) is 14.4 Å². The monoisotopic (exact) mass is 267 g/mol. The highest BCUT2D eigenvalue weighted by Crippen LogP contribution is 2.43. The van der Waals surface area contributed by atoms with Crippen molar-refractivity contribution in [3.8, 4) is 0 Å². The van der Waals surface area contributed by atoms with Crippen molar-refractivity contribution >= 4 is 5.97 Å². The average Bonchev–Trinajstić information content (AvgIpc) is 2.71. The first-order valence-electron chi connectivity index (χ1n) is 7.91. The molecule has 108 valence electrons. The maximum atomic E-state index is 12.3. The van der Waals surface area contributed by atoms with Crippen LogP contribution in [0.5, 0.6) is 0 Å². The molecule has 0 aromatic carbocycles. The summed E-state index contributed by atoms with van der Waals surface area (Å²) in [6.07, 6.45) is 8.65. The van der Waals surface area contributed by atoms with Gasteiger partial charge in [-0.3, -0.25) is 9.63 Å². The average molecular weight is 267 g/mol. The molecule has 0 N–H and O–H groups in total. The molecule has 1 aliphatic carbocycles. The van der Waals surface area contributed by atoms with E-state index in [0.717, 1.165) is 19.4 Å². The Hall–Kier alpha value is -0.610. The van der Waals surface area contributed by atoms with E-state index >= 15 is 0 Å². The number of hydroxylamine groups is 2. The highest BCUT2D eigenvalue weighted by Gasteiger charge is 2.52. The van der Waals surface area contributed by atoms with Crippen molar-refractivity contribution in [2.45, 2.75) is 64.0 Å². The van der Waals surface area contributed by atoms with Gasteiger partial charge in [-0.05, 0) is 38.5 Å². The van der Waals surface area contributed by atoms with E-state index in [1.165, 1.54) is 32.1 Å². The van der Waals surface area contributed by atoms with Gasteiger partial charge in [-0.1, -0.05) is 19.3 Å². The molecule has 3 fully saturated rings. The summed E-state index contributed by atoms with van der Waals surface area (Å²) >= 11 is 0. The van der Waals surface area contributed by atoms with Crippen molar-refractivity contribution in [3.05, 3.63) is 0 Å². The second-order valence-electron chi connectivity index (χ2n) is 6.09. The Balaban J connectivity index is 1.78. The molecular weight excluding hydrogens is 242 g/mol. The summed E-state index contributed by atoms with van der Waals surface area (Å²) in [5.74, 6) is 0.532. The van der Waals surface area contributed by atoms with Crippen molar-refractivity contribution in [2.24, 2.45) is 11.8 Å². The molecule has 2 bridgehead atoms. The number of carbonyl (C=O) groups excluding carboxylic acids is 1. The van der Waals surface area contributed by atoms with Crippen molar-refractivity contribution in [1.82, 2.24) is 5.06 Å². The van der Waals surface area contributed by atoms with Crippen molar-refractivity contribution in [2.75, 3.05) is 13.2 Å². The third-order valence-corrected chi connectivity index (χ3v) is 4.93. The van der Waals surface area contributed by atoms with E-state index in [1.807, 2.05) is 6.92 Å². The second kappa shape index (κ2) is 5.80. The Morgan fingerprint density at radius 1 is 1.21 bits per heavy atom. The first kappa shape index (κ1) is 13.4. The molecule has 3 rings (SSSR count). The van der Waals surface area contributed by atoms with Crippen LogP contribution in [0.15, 0.2) is 0 Å². The number of esters is 1. The molecule has 2 heterocycles. The molecule has 1 saturated carbocycles. The molecular formula is C15H25NO3. The number of hydrogen-bond donors (Lipinski definition) is 0. The number of fused-ring (bicyclic) bond motifs is 2. The summed E-state index contributed by atoms with van der Waals surface area (Å²) < 4.78 is 5.31. The number of ether oxygens (including phenoxy) is 1. The van der Waals surface area contributed by atoms with E-state index in [4.69, 9.17) is 9.57 Å². The van der Waals surface area contributed by atoms with Crippen LogP contribution in [-0.4, -0.2) is 36.3 Å². The summed E-state index contributed by atoms with van der Waals surface area (Å²) in [4.78, 5) is 18.3. The number of hydrogen-bond acceptors (Lipinski definition) is 4. The fraction of sp³-hybridized carbons (Fsp3) is 0.933. The minimum Gasteiger partial charge on any atom is -0.466 e. The van der Waals surface area contributed by atoms with Crippen LogP contribution >= 0.6 is 0 Å². The molecule has 2 aliphatic heterocycles. The third kappa shape index (κ3) is 2.52. The molecule has 4 nitrogen and oxygen atoms in total. The van der Waals surface area contributed by atoms with Gasteiger partial charge in [0.15, 0.2) is 0 Å². The van der Waals surface area contributed by atoms with Crippen molar-refractivity contribution in [1.29, 1.82) is 0 Å². The Labute approximate surface area is 115 Å². The van der Waals surface area contributed by atoms with Crippen LogP contribution in [0.3, 0.4) is 0 Å². The van der Waals surface area contributed by atoms with Gasteiger partial charge in [-0.15, -0.1) is 0 Å². The van der Waals surface area contributed by atoms with Gasteiger partial charge in [0.05, 0.1) is 18.8 Å². The Bertz CT molecular complexity index is 327. The lowest BCUT2D eigenvalue weighted by Gasteiger charge is -2.34. The quantitative estimate of drug-likeness (QED) is 0.737. The molecule has 4 atom stereocenters. The Kier molecular flexibility index (Phi) is 4.08. The summed E-state index contributed by atoms with van der Waals surface area (Å²) in [7, 11) is 0. The van der Waals surface area contributed by atoms with Crippen LogP contribution in [0, 0.1) is 11.8 Å². The van der Waals surface area contributed by atoms with Gasteiger partial charge >= 0.3 is 5.97 Å². The van der Waals surface area contributed by atoms with E-state index in [1.54, 1.807) is 0 Å². The van der Waals surface area contributed by atoms with E-state index in [-0.39, 0.29) is 24.0 Å². The Morgan fingerprint density at radius 3 is 2.74 bits per heavy atom. The summed E-state index contributed by atoms with van der Waals surface area (Å²) in [5, 5.41) is 2.12. The van der Waals surface area contributed by atoms with Crippen LogP contribution in [0.2, 0.25) is 0 Å². The fourth-order valence-electron chi connectivity index (χ4n) is 4.12. The largest absolute Gasteiger partial charge is 0.466 e. The standard InChI is InChI=1S/C15H25NO3/c1-2-18-15(17)13-12-9-6-10-16(19-12)14(13)11-7-4-3-5-8-11/h11-14H,2-10H2,1H3/t12-,13+,14-/m1/s1. The van der Waals surface area contributed by atoms with Crippen LogP contribution in [0.1, 0.15) is 51.9 Å². The summed E-state index contributed by atoms with van der Waals surface area (Å²) in [5.41, 5.74) is 0. The molecule has 0 spiro atoms. The minimum atomic E-state index is -0.0504. The zero-order valence-electron chi connectivity index (χ0n) is 11.8. The lowest BCUT2D eigenvalue weighted by molar-refractivity contribution is -0.192. The van der Waals surface area contributed by atoms with Gasteiger partial charge in [0, 0.05) is 6.54 Å². The van der Waals surface area contributed by atoms with Gasteiger partial charge < -0.3 is 4.74 Å². The van der Waals surface area contributed by atoms with Crippen LogP contribution in [0.25, 0.3) is 0 Å². The van der Waals surface area contributed by atoms with Crippen LogP contribution < -0.4 is 0 Å². The second-order valence-corrected chi connectivity index (χ2v) is 6.09. The topological polar surface area (TPSA) is 38.8 Å². The summed E-state index contributed by atoms with van der Waals surface area (Å²) in [6, 6.07) is 0.270. The van der Waals surface area contributed by atoms with Crippen LogP contribution in [0.4, 0.5) is 0 Å². The highest BCUT2D eigenvalue weighted by molar-refractivity contribution is 5.74. The van der Waals surface area contributed by atoms with Gasteiger partial charge in [0.1, 0.15) is 5.92 Å². The maximum absolute atomic E-state index is 12.3. The molecule has 1 unspecified atom stereocenters. The molecule has 0 radical (unpaired) electrons. The first-order valence-corrected chi connectivity index (χ1v) is 7.91. The highest BCUT2D eigenvalue weighted by atomic mass is 16.7. The molecule has 19 heavy (non-hydrogen) atoms. The van der Waals surface area contributed by atoms with Gasteiger partial charge in [-0.2, -0.15) is 5.06 Å². The normalized spacial score (nSPS) is 39.2. The van der Waals surface area contributed by atoms with Crippen molar-refractivity contribution < 1.29 is 14.4 Å². The molecule has 3 aliphatic rings. The van der Waals surface area contributed by atoms with E-state index in [0.29, 0.717) is 12.5 Å². The van der Waals surface area contributed by atoms with Gasteiger partial charge in [0.2, 0.25) is 0 Å². The Morgan fingerprint density at radius 2 is 2.00 bits per heavy atom. The predicted octanol–water partition coefficient (Wildman–Crippen LogP) is 2.52. The zero-order chi connectivity index (χ0) is 13.2. The number of nitrogens with zero attached hydrogens (tertiary/aromatic N) is 1. The maximum Gasteiger partial charge on any atom is 0.313 e. The number of rotatable bonds is 3. The van der Waals surface area contributed by atoms with Gasteiger partial charge in [0.25, 0.3) is 0 Å². The molecule has 0 aromatic heterocycles.